The molecule has 0 spiro atoms. The number of carbonyl (C=O) groups excluding carboxylic acids is 4. The van der Waals surface area contributed by atoms with E-state index in [1.165, 1.54) is 5.38 Å². The lowest BCUT2D eigenvalue weighted by atomic mass is 9.98. The fourth-order valence-electron chi connectivity index (χ4n) is 2.29. The van der Waals surface area contributed by atoms with E-state index < -0.39 is 41.3 Å². The molecular weight excluding hydrogens is 400 g/mol. The molecule has 11 nitrogen and oxygen atoms in total. The quantitative estimate of drug-likeness (QED) is 0.314. The fourth-order valence-corrected chi connectivity index (χ4v) is 2.98. The average Bonchev–Trinajstić information content (AvgIpc) is 3.08. The standard InChI is InChI=1S/C17H24N6O5S/c1-5-10(24)19-6-8-12(14(26)20-8)22-13(25)11(18)9-7-29-15(21-9)23-16(27)28-17(2,3)4/h7-8,12,18H,5-6H2,1-4H3,(H,19,24)(H,20,26)(H,22,25)(H,21,23,27). The maximum Gasteiger partial charge on any atom is 0.413 e. The number of carbonyl (C=O) groups is 4. The van der Waals surface area contributed by atoms with E-state index in [4.69, 9.17) is 10.1 Å². The number of aromatic nitrogens is 1. The van der Waals surface area contributed by atoms with Gasteiger partial charge in [0.1, 0.15) is 23.0 Å². The highest BCUT2D eigenvalue weighted by Crippen LogP contribution is 2.18. The maximum atomic E-state index is 12.3. The first-order chi connectivity index (χ1) is 13.5. The Hall–Kier alpha value is -3.02. The minimum Gasteiger partial charge on any atom is -0.444 e. The Kier molecular flexibility index (Phi) is 6.90. The molecule has 2 rings (SSSR count). The summed E-state index contributed by atoms with van der Waals surface area (Å²) < 4.78 is 5.11. The molecule has 1 aromatic rings. The van der Waals surface area contributed by atoms with Crippen molar-refractivity contribution in [3.8, 4) is 0 Å². The summed E-state index contributed by atoms with van der Waals surface area (Å²) in [6.45, 7) is 7.04. The average molecular weight is 424 g/mol. The van der Waals surface area contributed by atoms with Gasteiger partial charge in [0.15, 0.2) is 5.13 Å². The smallest absolute Gasteiger partial charge is 0.413 e. The number of hydrogen-bond donors (Lipinski definition) is 5. The van der Waals surface area contributed by atoms with Gasteiger partial charge in [-0.15, -0.1) is 11.3 Å². The van der Waals surface area contributed by atoms with E-state index in [2.05, 4.69) is 26.3 Å². The predicted molar refractivity (Wildman–Crippen MR) is 106 cm³/mol. The van der Waals surface area contributed by atoms with Crippen LogP contribution in [0.1, 0.15) is 39.8 Å². The molecule has 2 unspecified atom stereocenters. The van der Waals surface area contributed by atoms with E-state index in [0.29, 0.717) is 6.42 Å². The molecular formula is C17H24N6O5S. The largest absolute Gasteiger partial charge is 0.444 e. The number of rotatable bonds is 7. The van der Waals surface area contributed by atoms with Crippen LogP contribution in [0.15, 0.2) is 5.38 Å². The van der Waals surface area contributed by atoms with Crippen molar-refractivity contribution in [2.45, 2.75) is 51.8 Å². The van der Waals surface area contributed by atoms with Crippen LogP contribution in [-0.2, 0) is 19.1 Å². The monoisotopic (exact) mass is 424 g/mol. The number of anilines is 1. The Morgan fingerprint density at radius 3 is 2.62 bits per heavy atom. The van der Waals surface area contributed by atoms with E-state index in [-0.39, 0.29) is 23.3 Å². The zero-order valence-electron chi connectivity index (χ0n) is 16.5. The molecule has 158 valence electrons. The highest BCUT2D eigenvalue weighted by molar-refractivity contribution is 7.14. The molecule has 1 aliphatic heterocycles. The molecule has 0 aliphatic carbocycles. The molecule has 4 amide bonds. The number of β-lactam (4-membered cyclic amide) rings is 1. The van der Waals surface area contributed by atoms with E-state index in [0.717, 1.165) is 11.3 Å². The Bertz CT molecular complexity index is 831. The number of nitrogens with one attached hydrogen (secondary N) is 5. The Morgan fingerprint density at radius 1 is 1.34 bits per heavy atom. The lowest BCUT2D eigenvalue weighted by molar-refractivity contribution is -0.135. The number of nitrogens with zero attached hydrogens (tertiary/aromatic N) is 1. The van der Waals surface area contributed by atoms with Crippen LogP contribution in [0.4, 0.5) is 9.93 Å². The van der Waals surface area contributed by atoms with Gasteiger partial charge in [-0.2, -0.15) is 0 Å². The van der Waals surface area contributed by atoms with Gasteiger partial charge in [0, 0.05) is 18.3 Å². The van der Waals surface area contributed by atoms with Crippen LogP contribution in [0.25, 0.3) is 0 Å². The summed E-state index contributed by atoms with van der Waals surface area (Å²) in [5.74, 6) is -1.35. The highest BCUT2D eigenvalue weighted by atomic mass is 32.1. The molecule has 2 heterocycles. The van der Waals surface area contributed by atoms with E-state index >= 15 is 0 Å². The zero-order valence-corrected chi connectivity index (χ0v) is 17.4. The van der Waals surface area contributed by atoms with Gasteiger partial charge in [-0.25, -0.2) is 9.78 Å². The van der Waals surface area contributed by atoms with Crippen molar-refractivity contribution in [1.29, 1.82) is 5.41 Å². The Morgan fingerprint density at radius 2 is 2.03 bits per heavy atom. The van der Waals surface area contributed by atoms with Crippen molar-refractivity contribution in [2.75, 3.05) is 11.9 Å². The second kappa shape index (κ2) is 8.99. The number of ether oxygens (including phenoxy) is 1. The highest BCUT2D eigenvalue weighted by Gasteiger charge is 2.41. The zero-order chi connectivity index (χ0) is 21.8. The molecule has 1 aliphatic rings. The molecule has 0 aromatic carbocycles. The third-order valence-electron chi connectivity index (χ3n) is 3.73. The first kappa shape index (κ1) is 22.3. The van der Waals surface area contributed by atoms with Gasteiger partial charge in [0.25, 0.3) is 5.91 Å². The normalized spacial score (nSPS) is 18.1. The van der Waals surface area contributed by atoms with Crippen molar-refractivity contribution in [2.24, 2.45) is 0 Å². The molecule has 1 fully saturated rings. The van der Waals surface area contributed by atoms with E-state index in [1.54, 1.807) is 27.7 Å². The summed E-state index contributed by atoms with van der Waals surface area (Å²) in [6.07, 6.45) is -0.385. The number of hydrogen-bond acceptors (Lipinski definition) is 8. The Balaban J connectivity index is 1.91. The first-order valence-corrected chi connectivity index (χ1v) is 9.80. The fraction of sp³-hybridized carbons (Fsp3) is 0.529. The van der Waals surface area contributed by atoms with Crippen LogP contribution in [0.5, 0.6) is 0 Å². The molecule has 0 radical (unpaired) electrons. The van der Waals surface area contributed by atoms with Crippen LogP contribution in [0.2, 0.25) is 0 Å². The third-order valence-corrected chi connectivity index (χ3v) is 4.49. The van der Waals surface area contributed by atoms with Crippen molar-refractivity contribution < 1.29 is 23.9 Å². The van der Waals surface area contributed by atoms with Gasteiger partial charge in [0.05, 0.1) is 6.04 Å². The van der Waals surface area contributed by atoms with E-state index in [9.17, 15) is 19.2 Å². The molecule has 1 saturated heterocycles. The predicted octanol–water partition coefficient (Wildman–Crippen LogP) is 0.367. The van der Waals surface area contributed by atoms with Crippen LogP contribution < -0.4 is 21.3 Å². The van der Waals surface area contributed by atoms with Crippen molar-refractivity contribution in [3.63, 3.8) is 0 Å². The molecule has 1 aromatic heterocycles. The van der Waals surface area contributed by atoms with Gasteiger partial charge in [-0.05, 0) is 20.8 Å². The molecule has 2 atom stereocenters. The molecule has 12 heteroatoms. The maximum absolute atomic E-state index is 12.3. The van der Waals surface area contributed by atoms with Gasteiger partial charge in [-0.1, -0.05) is 6.92 Å². The summed E-state index contributed by atoms with van der Waals surface area (Å²) in [5, 5.41) is 19.7. The van der Waals surface area contributed by atoms with Gasteiger partial charge in [-0.3, -0.25) is 25.1 Å². The van der Waals surface area contributed by atoms with Crippen molar-refractivity contribution >= 4 is 46.0 Å². The minimum atomic E-state index is -0.849. The first-order valence-electron chi connectivity index (χ1n) is 8.92. The lowest BCUT2D eigenvalue weighted by Gasteiger charge is -2.37. The molecule has 0 bridgehead atoms. The SMILES string of the molecule is CCC(=O)NCC1NC(=O)C1NC(=O)C(=N)c1csc(NC(=O)OC(C)(C)C)n1. The van der Waals surface area contributed by atoms with Gasteiger partial charge < -0.3 is 20.7 Å². The summed E-state index contributed by atoms with van der Waals surface area (Å²) in [6, 6.07) is -1.30. The lowest BCUT2D eigenvalue weighted by Crippen LogP contribution is -2.72. The second-order valence-electron chi connectivity index (χ2n) is 7.26. The summed E-state index contributed by atoms with van der Waals surface area (Å²) >= 11 is 1.03. The molecule has 29 heavy (non-hydrogen) atoms. The van der Waals surface area contributed by atoms with Crippen LogP contribution in [0.3, 0.4) is 0 Å². The summed E-state index contributed by atoms with van der Waals surface area (Å²) in [4.78, 5) is 51.1. The van der Waals surface area contributed by atoms with Crippen LogP contribution in [0, 0.1) is 5.41 Å². The number of thiazole rings is 1. The van der Waals surface area contributed by atoms with E-state index in [1.807, 2.05) is 0 Å². The minimum absolute atomic E-state index is 0.0501. The summed E-state index contributed by atoms with van der Waals surface area (Å²) in [5.41, 5.74) is -1.07. The third kappa shape index (κ3) is 6.24. The molecule has 0 saturated carbocycles. The van der Waals surface area contributed by atoms with Crippen LogP contribution in [-0.4, -0.2) is 58.7 Å². The van der Waals surface area contributed by atoms with Crippen molar-refractivity contribution in [1.82, 2.24) is 20.9 Å². The topological polar surface area (TPSA) is 162 Å². The van der Waals surface area contributed by atoms with Crippen LogP contribution >= 0.6 is 11.3 Å². The van der Waals surface area contributed by atoms with Crippen molar-refractivity contribution in [3.05, 3.63) is 11.1 Å². The summed E-state index contributed by atoms with van der Waals surface area (Å²) in [7, 11) is 0. The Labute approximate surface area is 171 Å². The molecule has 5 N–H and O–H groups in total. The van der Waals surface area contributed by atoms with Gasteiger partial charge >= 0.3 is 6.09 Å². The number of amides is 4. The van der Waals surface area contributed by atoms with Gasteiger partial charge in [0.2, 0.25) is 11.8 Å². The second-order valence-corrected chi connectivity index (χ2v) is 8.12.